The SMILES string of the molecule is Cc1ccc(-n2c(-c3ccccc3)n[nH]c2=O)cc1. The van der Waals surface area contributed by atoms with Gasteiger partial charge in [-0.05, 0) is 19.1 Å². The van der Waals surface area contributed by atoms with Crippen LogP contribution in [0.3, 0.4) is 0 Å². The third-order valence-electron chi connectivity index (χ3n) is 3.00. The molecule has 0 radical (unpaired) electrons. The van der Waals surface area contributed by atoms with Gasteiger partial charge in [-0.2, -0.15) is 5.10 Å². The van der Waals surface area contributed by atoms with E-state index in [0.29, 0.717) is 5.82 Å². The van der Waals surface area contributed by atoms with Crippen molar-refractivity contribution >= 4 is 0 Å². The zero-order valence-electron chi connectivity index (χ0n) is 10.5. The van der Waals surface area contributed by atoms with Crippen LogP contribution in [-0.4, -0.2) is 14.8 Å². The van der Waals surface area contributed by atoms with Crippen molar-refractivity contribution in [3.05, 3.63) is 70.6 Å². The Labute approximate surface area is 110 Å². The van der Waals surface area contributed by atoms with E-state index in [1.165, 1.54) is 0 Å². The third-order valence-corrected chi connectivity index (χ3v) is 3.00. The summed E-state index contributed by atoms with van der Waals surface area (Å²) in [6, 6.07) is 17.4. The summed E-state index contributed by atoms with van der Waals surface area (Å²) < 4.78 is 1.58. The minimum absolute atomic E-state index is 0.234. The summed E-state index contributed by atoms with van der Waals surface area (Å²) >= 11 is 0. The molecule has 0 aliphatic heterocycles. The van der Waals surface area contributed by atoms with Gasteiger partial charge in [-0.15, -0.1) is 0 Å². The van der Waals surface area contributed by atoms with Gasteiger partial charge in [0, 0.05) is 5.56 Å². The number of aryl methyl sites for hydroxylation is 1. The van der Waals surface area contributed by atoms with E-state index in [-0.39, 0.29) is 5.69 Å². The van der Waals surface area contributed by atoms with Crippen LogP contribution < -0.4 is 5.69 Å². The minimum atomic E-state index is -0.234. The molecule has 94 valence electrons. The quantitative estimate of drug-likeness (QED) is 0.761. The standard InChI is InChI=1S/C15H13N3O/c1-11-7-9-13(10-8-11)18-14(16-17-15(18)19)12-5-3-2-4-6-12/h2-10H,1H3,(H,17,19). The van der Waals surface area contributed by atoms with Crippen LogP contribution in [0.25, 0.3) is 17.1 Å². The fourth-order valence-corrected chi connectivity index (χ4v) is 2.01. The Bertz CT molecular complexity index is 739. The van der Waals surface area contributed by atoms with Crippen molar-refractivity contribution in [1.82, 2.24) is 14.8 Å². The fourth-order valence-electron chi connectivity index (χ4n) is 2.01. The van der Waals surface area contributed by atoms with Crippen molar-refractivity contribution in [2.45, 2.75) is 6.92 Å². The van der Waals surface area contributed by atoms with Crippen molar-refractivity contribution in [2.75, 3.05) is 0 Å². The summed E-state index contributed by atoms with van der Waals surface area (Å²) in [7, 11) is 0. The van der Waals surface area contributed by atoms with Gasteiger partial charge in [0.15, 0.2) is 5.82 Å². The van der Waals surface area contributed by atoms with Crippen LogP contribution in [0.5, 0.6) is 0 Å². The van der Waals surface area contributed by atoms with E-state index in [2.05, 4.69) is 10.2 Å². The van der Waals surface area contributed by atoms with E-state index < -0.39 is 0 Å². The summed E-state index contributed by atoms with van der Waals surface area (Å²) in [6.07, 6.45) is 0. The van der Waals surface area contributed by atoms with Crippen LogP contribution in [-0.2, 0) is 0 Å². The molecule has 1 N–H and O–H groups in total. The normalized spacial score (nSPS) is 10.6. The van der Waals surface area contributed by atoms with Crippen LogP contribution in [0.4, 0.5) is 0 Å². The molecular formula is C15H13N3O. The molecule has 0 spiro atoms. The number of nitrogens with one attached hydrogen (secondary N) is 1. The van der Waals surface area contributed by atoms with Crippen molar-refractivity contribution < 1.29 is 0 Å². The Morgan fingerprint density at radius 1 is 1.00 bits per heavy atom. The molecule has 0 aliphatic rings. The van der Waals surface area contributed by atoms with Gasteiger partial charge in [0.25, 0.3) is 0 Å². The largest absolute Gasteiger partial charge is 0.348 e. The Morgan fingerprint density at radius 3 is 2.37 bits per heavy atom. The van der Waals surface area contributed by atoms with E-state index in [1.54, 1.807) is 4.57 Å². The van der Waals surface area contributed by atoms with E-state index >= 15 is 0 Å². The van der Waals surface area contributed by atoms with Crippen LogP contribution in [0.15, 0.2) is 59.4 Å². The van der Waals surface area contributed by atoms with E-state index in [4.69, 9.17) is 0 Å². The van der Waals surface area contributed by atoms with Crippen LogP contribution in [0.1, 0.15) is 5.56 Å². The number of benzene rings is 2. The first kappa shape index (κ1) is 11.5. The highest BCUT2D eigenvalue weighted by Gasteiger charge is 2.11. The molecule has 3 aromatic rings. The van der Waals surface area contributed by atoms with Gasteiger partial charge < -0.3 is 0 Å². The Kier molecular flexibility index (Phi) is 2.76. The summed E-state index contributed by atoms with van der Waals surface area (Å²) in [6.45, 7) is 2.01. The topological polar surface area (TPSA) is 50.7 Å². The molecule has 0 amide bonds. The second kappa shape index (κ2) is 4.57. The number of hydrogen-bond donors (Lipinski definition) is 1. The van der Waals surface area contributed by atoms with Crippen LogP contribution in [0, 0.1) is 6.92 Å². The van der Waals surface area contributed by atoms with Crippen molar-refractivity contribution in [2.24, 2.45) is 0 Å². The number of aromatic nitrogens is 3. The van der Waals surface area contributed by atoms with Crippen LogP contribution in [0.2, 0.25) is 0 Å². The predicted molar refractivity (Wildman–Crippen MR) is 74.4 cm³/mol. The Morgan fingerprint density at radius 2 is 1.68 bits per heavy atom. The van der Waals surface area contributed by atoms with Crippen LogP contribution >= 0.6 is 0 Å². The highest BCUT2D eigenvalue weighted by atomic mass is 16.1. The zero-order valence-corrected chi connectivity index (χ0v) is 10.5. The molecule has 1 aromatic heterocycles. The maximum atomic E-state index is 11.9. The molecule has 0 fully saturated rings. The molecule has 1 heterocycles. The van der Waals surface area contributed by atoms with Gasteiger partial charge in [-0.25, -0.2) is 14.5 Å². The lowest BCUT2D eigenvalue weighted by atomic mass is 10.2. The van der Waals surface area contributed by atoms with Gasteiger partial charge in [0.1, 0.15) is 0 Å². The first-order valence-electron chi connectivity index (χ1n) is 6.05. The smallest absolute Gasteiger partial charge is 0.246 e. The third kappa shape index (κ3) is 2.08. The second-order valence-corrected chi connectivity index (χ2v) is 4.39. The average Bonchev–Trinajstić information content (AvgIpc) is 2.83. The molecule has 4 nitrogen and oxygen atoms in total. The number of rotatable bonds is 2. The maximum absolute atomic E-state index is 11.9. The Balaban J connectivity index is 2.19. The predicted octanol–water partition coefficient (Wildman–Crippen LogP) is 2.54. The Hall–Kier alpha value is -2.62. The van der Waals surface area contributed by atoms with Gasteiger partial charge in [0.2, 0.25) is 0 Å². The van der Waals surface area contributed by atoms with Crippen molar-refractivity contribution in [3.63, 3.8) is 0 Å². The molecule has 0 saturated heterocycles. The molecular weight excluding hydrogens is 238 g/mol. The molecule has 3 rings (SSSR count). The van der Waals surface area contributed by atoms with Gasteiger partial charge >= 0.3 is 5.69 Å². The number of hydrogen-bond acceptors (Lipinski definition) is 2. The molecule has 19 heavy (non-hydrogen) atoms. The lowest BCUT2D eigenvalue weighted by molar-refractivity contribution is 0.984. The molecule has 0 unspecified atom stereocenters. The first-order valence-corrected chi connectivity index (χ1v) is 6.05. The first-order chi connectivity index (χ1) is 9.25. The summed E-state index contributed by atoms with van der Waals surface area (Å²) in [4.78, 5) is 11.9. The van der Waals surface area contributed by atoms with Gasteiger partial charge in [-0.1, -0.05) is 48.0 Å². The zero-order chi connectivity index (χ0) is 13.2. The average molecular weight is 251 g/mol. The van der Waals surface area contributed by atoms with E-state index in [9.17, 15) is 4.79 Å². The van der Waals surface area contributed by atoms with Gasteiger partial charge in [0.05, 0.1) is 5.69 Å². The second-order valence-electron chi connectivity index (χ2n) is 4.39. The number of aromatic amines is 1. The van der Waals surface area contributed by atoms with Crippen molar-refractivity contribution in [3.8, 4) is 17.1 Å². The maximum Gasteiger partial charge on any atom is 0.348 e. The highest BCUT2D eigenvalue weighted by Crippen LogP contribution is 2.18. The summed E-state index contributed by atoms with van der Waals surface area (Å²) in [5.74, 6) is 0.620. The monoisotopic (exact) mass is 251 g/mol. The van der Waals surface area contributed by atoms with E-state index in [0.717, 1.165) is 16.8 Å². The molecule has 0 saturated carbocycles. The van der Waals surface area contributed by atoms with E-state index in [1.807, 2.05) is 61.5 Å². The molecule has 0 bridgehead atoms. The molecule has 4 heteroatoms. The number of nitrogens with zero attached hydrogens (tertiary/aromatic N) is 2. The number of H-pyrrole nitrogens is 1. The minimum Gasteiger partial charge on any atom is -0.246 e. The lowest BCUT2D eigenvalue weighted by Crippen LogP contribution is -2.15. The van der Waals surface area contributed by atoms with Gasteiger partial charge in [-0.3, -0.25) is 0 Å². The molecule has 0 aliphatic carbocycles. The molecule has 0 atom stereocenters. The van der Waals surface area contributed by atoms with Crippen molar-refractivity contribution in [1.29, 1.82) is 0 Å². The highest BCUT2D eigenvalue weighted by molar-refractivity contribution is 5.57. The lowest BCUT2D eigenvalue weighted by Gasteiger charge is -2.06. The summed E-state index contributed by atoms with van der Waals surface area (Å²) in [5.41, 5.74) is 2.63. The summed E-state index contributed by atoms with van der Waals surface area (Å²) in [5, 5.41) is 6.62. The molecule has 2 aromatic carbocycles. The fraction of sp³-hybridized carbons (Fsp3) is 0.0667.